The number of halogens is 3. The van der Waals surface area contributed by atoms with E-state index >= 15 is 0 Å². The lowest BCUT2D eigenvalue weighted by atomic mass is 10.2. The van der Waals surface area contributed by atoms with Crippen LogP contribution in [0, 0.1) is 20.8 Å². The number of aryl methyl sites for hydroxylation is 2. The maximum Gasteiger partial charge on any atom is 0.490 e. The minimum absolute atomic E-state index is 0.00452. The Hall–Kier alpha value is -4.50. The number of carbonyl (C=O) groups is 1. The van der Waals surface area contributed by atoms with E-state index in [0.717, 1.165) is 22.8 Å². The van der Waals surface area contributed by atoms with Gasteiger partial charge in [0.25, 0.3) is 0 Å². The second-order valence-electron chi connectivity index (χ2n) is 8.20. The average molecular weight is 564 g/mol. The largest absolute Gasteiger partial charge is 0.490 e. The topological polar surface area (TPSA) is 165 Å². The normalized spacial score (nSPS) is 11.4. The van der Waals surface area contributed by atoms with E-state index in [1.807, 2.05) is 49.7 Å². The molecule has 39 heavy (non-hydrogen) atoms. The number of carboxylic acid groups (broad SMARTS) is 1. The number of sulfonamides is 1. The molecular weight excluding hydrogens is 539 g/mol. The van der Waals surface area contributed by atoms with Gasteiger partial charge < -0.3 is 15.7 Å². The zero-order valence-electron chi connectivity index (χ0n) is 20.9. The van der Waals surface area contributed by atoms with Gasteiger partial charge in [0.15, 0.2) is 0 Å². The van der Waals surface area contributed by atoms with Gasteiger partial charge in [-0.2, -0.15) is 23.3 Å². The second kappa shape index (κ2) is 11.5. The molecule has 0 saturated heterocycles. The van der Waals surface area contributed by atoms with Crippen molar-refractivity contribution in [1.29, 1.82) is 0 Å². The van der Waals surface area contributed by atoms with Gasteiger partial charge in [0.2, 0.25) is 16.0 Å². The lowest BCUT2D eigenvalue weighted by Crippen LogP contribution is -2.21. The van der Waals surface area contributed by atoms with Crippen molar-refractivity contribution in [2.24, 2.45) is 5.14 Å². The van der Waals surface area contributed by atoms with Gasteiger partial charge in [-0.05, 0) is 57.2 Å². The van der Waals surface area contributed by atoms with E-state index in [1.54, 1.807) is 24.4 Å². The minimum Gasteiger partial charge on any atom is -0.475 e. The molecule has 0 aliphatic carbocycles. The lowest BCUT2D eigenvalue weighted by molar-refractivity contribution is -0.192. The third-order valence-electron chi connectivity index (χ3n) is 5.20. The van der Waals surface area contributed by atoms with Crippen molar-refractivity contribution in [2.45, 2.75) is 31.8 Å². The number of anilines is 4. The number of nitrogens with one attached hydrogen (secondary N) is 2. The first-order valence-corrected chi connectivity index (χ1v) is 12.6. The Morgan fingerprint density at radius 1 is 1.03 bits per heavy atom. The van der Waals surface area contributed by atoms with Crippen molar-refractivity contribution < 1.29 is 31.5 Å². The number of primary sulfonamides is 1. The minimum atomic E-state index is -5.08. The summed E-state index contributed by atoms with van der Waals surface area (Å²) in [6.45, 7) is 5.99. The standard InChI is InChI=1S/C22H23N7O2S.C2HF3O2/c1-14-7-9-18(10-8-14)29-21(15(2)16(3)28-29)26-20-11-12-24-22(27-20)25-17-5-4-6-19(13-17)32(23,30)31;3-2(4,5)1(6)7/h4-13H,1-3H3,(H2,23,30,31)(H2,24,25,26,27);(H,6,7). The van der Waals surface area contributed by atoms with Gasteiger partial charge in [0.05, 0.1) is 16.3 Å². The Morgan fingerprint density at radius 3 is 2.26 bits per heavy atom. The third kappa shape index (κ3) is 7.75. The second-order valence-corrected chi connectivity index (χ2v) is 9.76. The Balaban J connectivity index is 0.000000532. The van der Waals surface area contributed by atoms with Crippen LogP contribution in [0.25, 0.3) is 5.69 Å². The Morgan fingerprint density at radius 2 is 1.67 bits per heavy atom. The number of nitrogens with zero attached hydrogens (tertiary/aromatic N) is 4. The van der Waals surface area contributed by atoms with Crippen LogP contribution in [0.4, 0.5) is 36.4 Å². The molecule has 206 valence electrons. The monoisotopic (exact) mass is 563 g/mol. The molecule has 4 aromatic rings. The van der Waals surface area contributed by atoms with Crippen molar-refractivity contribution in [3.8, 4) is 5.69 Å². The van der Waals surface area contributed by atoms with Crippen molar-refractivity contribution in [3.63, 3.8) is 0 Å². The number of alkyl halides is 3. The highest BCUT2D eigenvalue weighted by Gasteiger charge is 2.38. The molecule has 2 heterocycles. The van der Waals surface area contributed by atoms with Gasteiger partial charge in [0.1, 0.15) is 11.6 Å². The number of nitrogens with two attached hydrogens (primary N) is 1. The summed E-state index contributed by atoms with van der Waals surface area (Å²) in [6.07, 6.45) is -3.48. The first-order valence-electron chi connectivity index (χ1n) is 11.1. The fourth-order valence-electron chi connectivity index (χ4n) is 3.11. The molecule has 0 atom stereocenters. The highest BCUT2D eigenvalue weighted by molar-refractivity contribution is 7.89. The number of hydrogen-bond donors (Lipinski definition) is 4. The maximum atomic E-state index is 11.6. The number of hydrogen-bond acceptors (Lipinski definition) is 8. The quantitative estimate of drug-likeness (QED) is 0.267. The van der Waals surface area contributed by atoms with Gasteiger partial charge in [0, 0.05) is 17.4 Å². The van der Waals surface area contributed by atoms with Crippen molar-refractivity contribution in [1.82, 2.24) is 19.7 Å². The van der Waals surface area contributed by atoms with E-state index in [-0.39, 0.29) is 4.90 Å². The molecule has 0 saturated carbocycles. The molecule has 11 nitrogen and oxygen atoms in total. The van der Waals surface area contributed by atoms with Crippen LogP contribution in [0.3, 0.4) is 0 Å². The summed E-state index contributed by atoms with van der Waals surface area (Å²) in [4.78, 5) is 17.6. The predicted molar refractivity (Wildman–Crippen MR) is 138 cm³/mol. The average Bonchev–Trinajstić information content (AvgIpc) is 3.13. The third-order valence-corrected chi connectivity index (χ3v) is 6.11. The molecule has 2 aromatic carbocycles. The number of benzene rings is 2. The van der Waals surface area contributed by atoms with Crippen LogP contribution in [0.5, 0.6) is 0 Å². The van der Waals surface area contributed by atoms with Crippen molar-refractivity contribution in [2.75, 3.05) is 10.6 Å². The van der Waals surface area contributed by atoms with Crippen LogP contribution in [-0.2, 0) is 14.8 Å². The van der Waals surface area contributed by atoms with Gasteiger partial charge in [-0.15, -0.1) is 0 Å². The lowest BCUT2D eigenvalue weighted by Gasteiger charge is -2.12. The molecule has 4 rings (SSSR count). The molecule has 15 heteroatoms. The summed E-state index contributed by atoms with van der Waals surface area (Å²) in [5.41, 5.74) is 4.51. The number of rotatable bonds is 6. The SMILES string of the molecule is Cc1ccc(-n2nc(C)c(C)c2Nc2ccnc(Nc3cccc(S(N)(=O)=O)c3)n2)cc1.O=C(O)C(F)(F)F. The fourth-order valence-corrected chi connectivity index (χ4v) is 3.67. The van der Waals surface area contributed by atoms with Crippen LogP contribution >= 0.6 is 0 Å². The molecule has 5 N–H and O–H groups in total. The van der Waals surface area contributed by atoms with E-state index in [1.165, 1.54) is 17.7 Å². The van der Waals surface area contributed by atoms with Crippen molar-refractivity contribution >= 4 is 39.3 Å². The number of aromatic nitrogens is 4. The summed E-state index contributed by atoms with van der Waals surface area (Å²) in [6, 6.07) is 16.0. The molecule has 0 unspecified atom stereocenters. The molecule has 0 bridgehead atoms. The number of carboxylic acids is 1. The summed E-state index contributed by atoms with van der Waals surface area (Å²) < 4.78 is 56.8. The Bertz CT molecular complexity index is 1590. The molecule has 0 amide bonds. The summed E-state index contributed by atoms with van der Waals surface area (Å²) in [5.74, 6) is -1.10. The molecule has 0 aliphatic heterocycles. The first-order chi connectivity index (χ1) is 18.1. The van der Waals surface area contributed by atoms with Gasteiger partial charge in [-0.3, -0.25) is 0 Å². The first kappa shape index (κ1) is 29.1. The molecular formula is C24H24F3N7O4S. The van der Waals surface area contributed by atoms with Crippen LogP contribution < -0.4 is 15.8 Å². The van der Waals surface area contributed by atoms with E-state index in [2.05, 4.69) is 25.7 Å². The van der Waals surface area contributed by atoms with Gasteiger partial charge in [-0.1, -0.05) is 23.8 Å². The number of aliphatic carboxylic acids is 1. The highest BCUT2D eigenvalue weighted by atomic mass is 32.2. The Labute approximate surface area is 221 Å². The summed E-state index contributed by atoms with van der Waals surface area (Å²) >= 11 is 0. The van der Waals surface area contributed by atoms with E-state index in [4.69, 9.17) is 15.0 Å². The maximum absolute atomic E-state index is 11.6. The van der Waals surface area contributed by atoms with E-state index in [0.29, 0.717) is 17.5 Å². The molecule has 0 spiro atoms. The molecule has 0 radical (unpaired) electrons. The summed E-state index contributed by atoms with van der Waals surface area (Å²) in [5, 5.41) is 23.3. The zero-order chi connectivity index (χ0) is 29.0. The smallest absolute Gasteiger partial charge is 0.475 e. The summed E-state index contributed by atoms with van der Waals surface area (Å²) in [7, 11) is -3.81. The Kier molecular flexibility index (Phi) is 8.56. The van der Waals surface area contributed by atoms with Crippen LogP contribution in [0.1, 0.15) is 16.8 Å². The molecule has 0 fully saturated rings. The van der Waals surface area contributed by atoms with Crippen molar-refractivity contribution in [3.05, 3.63) is 77.6 Å². The van der Waals surface area contributed by atoms with E-state index in [9.17, 15) is 21.6 Å². The fraction of sp³-hybridized carbons (Fsp3) is 0.167. The van der Waals surface area contributed by atoms with Gasteiger partial charge >= 0.3 is 12.1 Å². The predicted octanol–water partition coefficient (Wildman–Crippen LogP) is 4.36. The van der Waals surface area contributed by atoms with Crippen LogP contribution in [0.2, 0.25) is 0 Å². The zero-order valence-corrected chi connectivity index (χ0v) is 21.7. The molecule has 2 aromatic heterocycles. The molecule has 0 aliphatic rings. The highest BCUT2D eigenvalue weighted by Crippen LogP contribution is 2.26. The van der Waals surface area contributed by atoms with E-state index < -0.39 is 22.2 Å². The van der Waals surface area contributed by atoms with Crippen LogP contribution in [0.15, 0.2) is 65.7 Å². The van der Waals surface area contributed by atoms with Crippen LogP contribution in [-0.4, -0.2) is 45.4 Å². The van der Waals surface area contributed by atoms with Gasteiger partial charge in [-0.25, -0.2) is 28.0 Å².